The number of hydrogen-bond acceptors (Lipinski definition) is 3. The smallest absolute Gasteiger partial charge is 0.236 e. The first kappa shape index (κ1) is 14.6. The molecule has 0 aliphatic rings. The quantitative estimate of drug-likeness (QED) is 0.814. The Labute approximate surface area is 108 Å². The van der Waals surface area contributed by atoms with Crippen molar-refractivity contribution >= 4 is 22.4 Å². The number of nitrogen functional groups attached to an aromatic ring is 1. The lowest BCUT2D eigenvalue weighted by Crippen LogP contribution is -2.39. The van der Waals surface area contributed by atoms with Crippen LogP contribution in [0.2, 0.25) is 0 Å². The van der Waals surface area contributed by atoms with Crippen molar-refractivity contribution in [2.75, 3.05) is 5.73 Å². The highest BCUT2D eigenvalue weighted by molar-refractivity contribution is 7.86. The average molecular weight is 272 g/mol. The van der Waals surface area contributed by atoms with E-state index in [-0.39, 0.29) is 22.5 Å². The zero-order valence-electron chi connectivity index (χ0n) is 10.6. The van der Waals surface area contributed by atoms with Crippen LogP contribution in [0, 0.1) is 5.82 Å². The van der Waals surface area contributed by atoms with Crippen LogP contribution in [0.15, 0.2) is 23.1 Å². The predicted molar refractivity (Wildman–Crippen MR) is 70.0 cm³/mol. The van der Waals surface area contributed by atoms with Gasteiger partial charge in [-0.1, -0.05) is 0 Å². The predicted octanol–water partition coefficient (Wildman–Crippen LogP) is 1.43. The maximum atomic E-state index is 13.1. The minimum atomic E-state index is -1.67. The largest absolute Gasteiger partial charge is 0.398 e. The lowest BCUT2D eigenvalue weighted by molar-refractivity contribution is -0.120. The SMILES string of the molecule is CC(C)NC(=O)C(C)S(=O)c1cc(F)ccc1N. The van der Waals surface area contributed by atoms with Gasteiger partial charge in [0.25, 0.3) is 0 Å². The number of rotatable bonds is 4. The third kappa shape index (κ3) is 3.53. The van der Waals surface area contributed by atoms with Crippen LogP contribution in [0.1, 0.15) is 20.8 Å². The second kappa shape index (κ2) is 5.95. The zero-order chi connectivity index (χ0) is 13.9. The molecule has 4 nitrogen and oxygen atoms in total. The van der Waals surface area contributed by atoms with Crippen molar-refractivity contribution in [2.24, 2.45) is 0 Å². The molecular formula is C12H17FN2O2S. The van der Waals surface area contributed by atoms with E-state index in [1.54, 1.807) is 0 Å². The number of nitrogens with two attached hydrogens (primary N) is 1. The Morgan fingerprint density at radius 1 is 1.39 bits per heavy atom. The molecule has 0 radical (unpaired) electrons. The third-order valence-electron chi connectivity index (χ3n) is 2.31. The molecule has 0 aromatic heterocycles. The van der Waals surface area contributed by atoms with E-state index in [1.165, 1.54) is 19.1 Å². The summed E-state index contributed by atoms with van der Waals surface area (Å²) in [7, 11) is -1.67. The Morgan fingerprint density at radius 2 is 2.00 bits per heavy atom. The van der Waals surface area contributed by atoms with Crippen LogP contribution in [0.3, 0.4) is 0 Å². The number of benzene rings is 1. The van der Waals surface area contributed by atoms with Gasteiger partial charge in [-0.15, -0.1) is 0 Å². The third-order valence-corrected chi connectivity index (χ3v) is 3.96. The van der Waals surface area contributed by atoms with Crippen LogP contribution in [0.5, 0.6) is 0 Å². The maximum Gasteiger partial charge on any atom is 0.236 e. The first-order chi connectivity index (χ1) is 8.32. The molecule has 0 aliphatic carbocycles. The lowest BCUT2D eigenvalue weighted by atomic mass is 10.3. The number of halogens is 1. The second-order valence-electron chi connectivity index (χ2n) is 4.29. The standard InChI is InChI=1S/C12H17FN2O2S/c1-7(2)15-12(16)8(3)18(17)11-6-9(13)4-5-10(11)14/h4-8H,14H2,1-3H3,(H,15,16). The van der Waals surface area contributed by atoms with Gasteiger partial charge in [0.05, 0.1) is 15.7 Å². The molecule has 0 aliphatic heterocycles. The highest BCUT2D eigenvalue weighted by atomic mass is 32.2. The molecule has 0 saturated heterocycles. The molecule has 0 bridgehead atoms. The van der Waals surface area contributed by atoms with Crippen molar-refractivity contribution in [3.63, 3.8) is 0 Å². The molecule has 6 heteroatoms. The van der Waals surface area contributed by atoms with Crippen molar-refractivity contribution in [2.45, 2.75) is 37.0 Å². The summed E-state index contributed by atoms with van der Waals surface area (Å²) in [6.07, 6.45) is 0. The van der Waals surface area contributed by atoms with Crippen LogP contribution >= 0.6 is 0 Å². The molecule has 1 aromatic rings. The Balaban J connectivity index is 2.93. The minimum absolute atomic E-state index is 0.0400. The van der Waals surface area contributed by atoms with E-state index in [0.29, 0.717) is 0 Å². The number of carbonyl (C=O) groups is 1. The second-order valence-corrected chi connectivity index (χ2v) is 6.03. The number of nitrogens with one attached hydrogen (secondary N) is 1. The van der Waals surface area contributed by atoms with Gasteiger partial charge in [0.15, 0.2) is 0 Å². The molecule has 18 heavy (non-hydrogen) atoms. The number of carbonyl (C=O) groups excluding carboxylic acids is 1. The zero-order valence-corrected chi connectivity index (χ0v) is 11.4. The maximum absolute atomic E-state index is 13.1. The summed E-state index contributed by atoms with van der Waals surface area (Å²) in [5.74, 6) is -0.865. The van der Waals surface area contributed by atoms with Gasteiger partial charge in [-0.3, -0.25) is 9.00 Å². The van der Waals surface area contributed by atoms with E-state index in [4.69, 9.17) is 5.73 Å². The van der Waals surface area contributed by atoms with Crippen LogP contribution in [-0.2, 0) is 15.6 Å². The van der Waals surface area contributed by atoms with Crippen molar-refractivity contribution in [1.29, 1.82) is 0 Å². The number of anilines is 1. The minimum Gasteiger partial charge on any atom is -0.398 e. The molecular weight excluding hydrogens is 255 g/mol. The molecule has 1 rings (SSSR count). The Morgan fingerprint density at radius 3 is 2.56 bits per heavy atom. The summed E-state index contributed by atoms with van der Waals surface area (Å²) < 4.78 is 25.2. The van der Waals surface area contributed by atoms with Gasteiger partial charge in [-0.05, 0) is 39.0 Å². The van der Waals surface area contributed by atoms with E-state index in [1.807, 2.05) is 13.8 Å². The van der Waals surface area contributed by atoms with Gasteiger partial charge in [0.1, 0.15) is 11.1 Å². The molecule has 100 valence electrons. The molecule has 0 spiro atoms. The fourth-order valence-corrected chi connectivity index (χ4v) is 2.54. The molecule has 1 amide bonds. The van der Waals surface area contributed by atoms with E-state index >= 15 is 0 Å². The Bertz CT molecular complexity index is 477. The van der Waals surface area contributed by atoms with Gasteiger partial charge < -0.3 is 11.1 Å². The molecule has 1 aromatic carbocycles. The summed E-state index contributed by atoms with van der Waals surface area (Å²) in [5, 5.41) is 1.88. The highest BCUT2D eigenvalue weighted by Crippen LogP contribution is 2.20. The van der Waals surface area contributed by atoms with Gasteiger partial charge in [0, 0.05) is 11.7 Å². The number of hydrogen-bond donors (Lipinski definition) is 2. The average Bonchev–Trinajstić information content (AvgIpc) is 2.29. The van der Waals surface area contributed by atoms with Gasteiger partial charge >= 0.3 is 0 Å². The van der Waals surface area contributed by atoms with Gasteiger partial charge in [-0.25, -0.2) is 4.39 Å². The van der Waals surface area contributed by atoms with Crippen molar-refractivity contribution in [3.05, 3.63) is 24.0 Å². The summed E-state index contributed by atoms with van der Waals surface area (Å²) >= 11 is 0. The highest BCUT2D eigenvalue weighted by Gasteiger charge is 2.23. The molecule has 0 saturated carbocycles. The number of amides is 1. The first-order valence-corrected chi connectivity index (χ1v) is 6.80. The van der Waals surface area contributed by atoms with Crippen LogP contribution in [0.25, 0.3) is 0 Å². The molecule has 2 unspecified atom stereocenters. The van der Waals surface area contributed by atoms with Crippen molar-refractivity contribution in [3.8, 4) is 0 Å². The van der Waals surface area contributed by atoms with Gasteiger partial charge in [0.2, 0.25) is 5.91 Å². The van der Waals surface area contributed by atoms with E-state index in [9.17, 15) is 13.4 Å². The summed E-state index contributed by atoms with van der Waals surface area (Å²) in [6.45, 7) is 5.15. The fourth-order valence-electron chi connectivity index (χ4n) is 1.37. The summed E-state index contributed by atoms with van der Waals surface area (Å²) in [5.41, 5.74) is 5.86. The summed E-state index contributed by atoms with van der Waals surface area (Å²) in [4.78, 5) is 11.9. The Hall–Kier alpha value is -1.43. The fraction of sp³-hybridized carbons (Fsp3) is 0.417. The molecule has 0 fully saturated rings. The van der Waals surface area contributed by atoms with Crippen molar-refractivity contribution < 1.29 is 13.4 Å². The van der Waals surface area contributed by atoms with E-state index in [2.05, 4.69) is 5.32 Å². The Kier molecular flexibility index (Phi) is 4.84. The van der Waals surface area contributed by atoms with Crippen LogP contribution in [0.4, 0.5) is 10.1 Å². The van der Waals surface area contributed by atoms with Gasteiger partial charge in [-0.2, -0.15) is 0 Å². The van der Waals surface area contributed by atoms with E-state index in [0.717, 1.165) is 6.07 Å². The monoisotopic (exact) mass is 272 g/mol. The van der Waals surface area contributed by atoms with Crippen LogP contribution < -0.4 is 11.1 Å². The normalized spacial score (nSPS) is 14.3. The topological polar surface area (TPSA) is 72.2 Å². The molecule has 0 heterocycles. The van der Waals surface area contributed by atoms with E-state index < -0.39 is 21.9 Å². The van der Waals surface area contributed by atoms with Crippen LogP contribution in [-0.4, -0.2) is 21.4 Å². The van der Waals surface area contributed by atoms with Crippen molar-refractivity contribution in [1.82, 2.24) is 5.32 Å². The first-order valence-electron chi connectivity index (χ1n) is 5.59. The summed E-state index contributed by atoms with van der Waals surface area (Å²) in [6, 6.07) is 3.59. The molecule has 2 atom stereocenters. The molecule has 3 N–H and O–H groups in total. The lowest BCUT2D eigenvalue weighted by Gasteiger charge is -2.15.